The molecule has 6 nitrogen and oxygen atoms in total. The minimum absolute atomic E-state index is 0.117. The Morgan fingerprint density at radius 2 is 2.03 bits per heavy atom. The van der Waals surface area contributed by atoms with Gasteiger partial charge in [0.15, 0.2) is 5.16 Å². The lowest BCUT2D eigenvalue weighted by Gasteiger charge is -2.13. The molecule has 29 heavy (non-hydrogen) atoms. The second-order valence-electron chi connectivity index (χ2n) is 7.06. The van der Waals surface area contributed by atoms with Gasteiger partial charge in [0.05, 0.1) is 11.8 Å². The molecule has 0 radical (unpaired) electrons. The maximum absolute atomic E-state index is 11.4. The summed E-state index contributed by atoms with van der Waals surface area (Å²) in [4.78, 5) is 11.4. The van der Waals surface area contributed by atoms with Gasteiger partial charge >= 0.3 is 0 Å². The monoisotopic (exact) mass is 428 g/mol. The fraction of sp³-hybridized carbons (Fsp3) is 0.286. The highest BCUT2D eigenvalue weighted by molar-refractivity contribution is 7.99. The molecular weight excluding hydrogens is 408 g/mol. The van der Waals surface area contributed by atoms with Crippen molar-refractivity contribution in [3.05, 3.63) is 64.9 Å². The van der Waals surface area contributed by atoms with Gasteiger partial charge in [0.25, 0.3) is 0 Å². The number of benzene rings is 2. The molecule has 1 aliphatic carbocycles. The van der Waals surface area contributed by atoms with Gasteiger partial charge in [0.1, 0.15) is 5.82 Å². The minimum atomic E-state index is -0.641. The van der Waals surface area contributed by atoms with E-state index in [1.807, 2.05) is 41.0 Å². The Bertz CT molecular complexity index is 1020. The predicted octanol–water partition coefficient (Wildman–Crippen LogP) is 4.58. The zero-order valence-corrected chi connectivity index (χ0v) is 17.5. The first-order valence-electron chi connectivity index (χ1n) is 9.41. The molecule has 0 bridgehead atoms. The summed E-state index contributed by atoms with van der Waals surface area (Å²) in [5.41, 5.74) is 2.43. The van der Waals surface area contributed by atoms with E-state index in [4.69, 9.17) is 11.6 Å². The van der Waals surface area contributed by atoms with Crippen molar-refractivity contribution < 1.29 is 9.90 Å². The molecule has 0 spiro atoms. The molecule has 1 atom stereocenters. The first kappa shape index (κ1) is 19.9. The van der Waals surface area contributed by atoms with Crippen LogP contribution in [0, 0.1) is 0 Å². The number of aliphatic hydroxyl groups excluding tert-OH is 1. The fourth-order valence-electron chi connectivity index (χ4n) is 3.08. The van der Waals surface area contributed by atoms with Crippen LogP contribution in [0.25, 0.3) is 5.69 Å². The van der Waals surface area contributed by atoms with E-state index >= 15 is 0 Å². The van der Waals surface area contributed by atoms with E-state index in [1.165, 1.54) is 18.7 Å². The summed E-state index contributed by atoms with van der Waals surface area (Å²) in [6.45, 7) is 1.49. The van der Waals surface area contributed by atoms with E-state index in [2.05, 4.69) is 15.5 Å². The van der Waals surface area contributed by atoms with Gasteiger partial charge in [-0.2, -0.15) is 0 Å². The standard InChI is InChI=1S/C21H21ClN4O2S/c1-13(27)23-17-3-2-4-18(11-17)26-20(15-5-6-15)24-25-21(26)29-12-19(28)14-7-9-16(22)10-8-14/h2-4,7-11,15,19,28H,5-6,12H2,1H3,(H,23,27)/t19-/m0/s1. The van der Waals surface area contributed by atoms with Crippen LogP contribution in [0.5, 0.6) is 0 Å². The van der Waals surface area contributed by atoms with E-state index in [9.17, 15) is 9.90 Å². The maximum atomic E-state index is 11.4. The number of anilines is 1. The zero-order valence-electron chi connectivity index (χ0n) is 15.9. The molecule has 0 unspecified atom stereocenters. The lowest BCUT2D eigenvalue weighted by Crippen LogP contribution is -2.08. The second kappa shape index (κ2) is 8.57. The van der Waals surface area contributed by atoms with Gasteiger partial charge in [-0.25, -0.2) is 0 Å². The maximum Gasteiger partial charge on any atom is 0.221 e. The molecule has 1 heterocycles. The number of amides is 1. The number of rotatable bonds is 7. The van der Waals surface area contributed by atoms with Crippen LogP contribution < -0.4 is 5.32 Å². The average molecular weight is 429 g/mol. The number of nitrogens with one attached hydrogen (secondary N) is 1. The Labute approximate surface area is 178 Å². The number of nitrogens with zero attached hydrogens (tertiary/aromatic N) is 3. The molecule has 2 N–H and O–H groups in total. The van der Waals surface area contributed by atoms with Crippen LogP contribution in [0.4, 0.5) is 5.69 Å². The van der Waals surface area contributed by atoms with Crippen molar-refractivity contribution in [2.75, 3.05) is 11.1 Å². The summed E-state index contributed by atoms with van der Waals surface area (Å²) in [6.07, 6.45) is 1.56. The molecule has 4 rings (SSSR count). The molecule has 3 aromatic rings. The van der Waals surface area contributed by atoms with Gasteiger partial charge in [-0.1, -0.05) is 41.6 Å². The van der Waals surface area contributed by atoms with Crippen LogP contribution in [-0.2, 0) is 4.79 Å². The van der Waals surface area contributed by atoms with Gasteiger partial charge in [0.2, 0.25) is 5.91 Å². The number of halogens is 1. The van der Waals surface area contributed by atoms with Gasteiger partial charge in [-0.15, -0.1) is 10.2 Å². The number of carbonyl (C=O) groups excluding carboxylic acids is 1. The number of aliphatic hydroxyl groups is 1. The summed E-state index contributed by atoms with van der Waals surface area (Å²) in [6, 6.07) is 14.8. The van der Waals surface area contributed by atoms with E-state index < -0.39 is 6.10 Å². The van der Waals surface area contributed by atoms with Crippen molar-refractivity contribution in [1.82, 2.24) is 14.8 Å². The van der Waals surface area contributed by atoms with Crippen LogP contribution in [0.1, 0.15) is 43.2 Å². The highest BCUT2D eigenvalue weighted by atomic mass is 35.5. The molecule has 150 valence electrons. The molecule has 0 aliphatic heterocycles. The van der Waals surface area contributed by atoms with Crippen LogP contribution in [0.2, 0.25) is 5.02 Å². The lowest BCUT2D eigenvalue weighted by atomic mass is 10.1. The molecule has 1 saturated carbocycles. The Kier molecular flexibility index (Phi) is 5.89. The molecule has 1 aromatic heterocycles. The number of hydrogen-bond donors (Lipinski definition) is 2. The van der Waals surface area contributed by atoms with Crippen LogP contribution >= 0.6 is 23.4 Å². The molecule has 1 fully saturated rings. The van der Waals surface area contributed by atoms with Crippen molar-refractivity contribution in [3.63, 3.8) is 0 Å². The Balaban J connectivity index is 1.58. The van der Waals surface area contributed by atoms with Crippen LogP contribution in [0.15, 0.2) is 53.7 Å². The van der Waals surface area contributed by atoms with Crippen molar-refractivity contribution in [2.45, 2.75) is 36.9 Å². The van der Waals surface area contributed by atoms with Crippen molar-refractivity contribution >= 4 is 35.0 Å². The van der Waals surface area contributed by atoms with E-state index in [1.54, 1.807) is 12.1 Å². The average Bonchev–Trinajstić information content (AvgIpc) is 3.45. The summed E-state index contributed by atoms with van der Waals surface area (Å²) >= 11 is 7.38. The lowest BCUT2D eigenvalue weighted by molar-refractivity contribution is -0.114. The zero-order chi connectivity index (χ0) is 20.4. The van der Waals surface area contributed by atoms with Crippen molar-refractivity contribution in [2.24, 2.45) is 0 Å². The molecule has 1 aliphatic rings. The van der Waals surface area contributed by atoms with E-state index in [-0.39, 0.29) is 5.91 Å². The highest BCUT2D eigenvalue weighted by Gasteiger charge is 2.31. The van der Waals surface area contributed by atoms with Gasteiger partial charge in [-0.05, 0) is 48.7 Å². The SMILES string of the molecule is CC(=O)Nc1cccc(-n2c(SC[C@H](O)c3ccc(Cl)cc3)nnc2C2CC2)c1. The third-order valence-electron chi connectivity index (χ3n) is 4.65. The smallest absolute Gasteiger partial charge is 0.221 e. The minimum Gasteiger partial charge on any atom is -0.388 e. The van der Waals surface area contributed by atoms with Crippen LogP contribution in [0.3, 0.4) is 0 Å². The first-order chi connectivity index (χ1) is 14.0. The molecule has 8 heteroatoms. The summed E-state index contributed by atoms with van der Waals surface area (Å²) in [5.74, 6) is 1.65. The topological polar surface area (TPSA) is 80.0 Å². The second-order valence-corrected chi connectivity index (χ2v) is 8.48. The number of carbonyl (C=O) groups is 1. The summed E-state index contributed by atoms with van der Waals surface area (Å²) in [7, 11) is 0. The normalized spacial score (nSPS) is 14.6. The Hall–Kier alpha value is -2.35. The molecule has 1 amide bonds. The van der Waals surface area contributed by atoms with Crippen molar-refractivity contribution in [1.29, 1.82) is 0 Å². The Morgan fingerprint density at radius 1 is 1.28 bits per heavy atom. The van der Waals surface area contributed by atoms with Crippen molar-refractivity contribution in [3.8, 4) is 5.69 Å². The third-order valence-corrected chi connectivity index (χ3v) is 5.91. The summed E-state index contributed by atoms with van der Waals surface area (Å²) in [5, 5.41) is 23.5. The van der Waals surface area contributed by atoms with Gasteiger partial charge in [-0.3, -0.25) is 9.36 Å². The molecule has 0 saturated heterocycles. The Morgan fingerprint density at radius 3 is 2.72 bits per heavy atom. The number of hydrogen-bond acceptors (Lipinski definition) is 5. The number of aromatic nitrogens is 3. The largest absolute Gasteiger partial charge is 0.388 e. The third kappa shape index (κ3) is 4.80. The molecule has 2 aromatic carbocycles. The highest BCUT2D eigenvalue weighted by Crippen LogP contribution is 2.41. The first-order valence-corrected chi connectivity index (χ1v) is 10.8. The van der Waals surface area contributed by atoms with E-state index in [0.29, 0.717) is 16.7 Å². The van der Waals surface area contributed by atoms with Gasteiger partial charge < -0.3 is 10.4 Å². The molecular formula is C21H21ClN4O2S. The number of thioether (sulfide) groups is 1. The van der Waals surface area contributed by atoms with Gasteiger partial charge in [0, 0.05) is 29.3 Å². The summed E-state index contributed by atoms with van der Waals surface area (Å²) < 4.78 is 2.03. The predicted molar refractivity (Wildman–Crippen MR) is 115 cm³/mol. The van der Waals surface area contributed by atoms with E-state index in [0.717, 1.165) is 40.8 Å². The quantitative estimate of drug-likeness (QED) is 0.538. The van der Waals surface area contributed by atoms with Crippen LogP contribution in [-0.4, -0.2) is 31.5 Å². The fourth-order valence-corrected chi connectivity index (χ4v) is 4.14.